The molecule has 2 nitrogen and oxygen atoms in total. The second kappa shape index (κ2) is 6.05. The van der Waals surface area contributed by atoms with Gasteiger partial charge in [0.15, 0.2) is 0 Å². The van der Waals surface area contributed by atoms with Crippen molar-refractivity contribution in [2.24, 2.45) is 22.6 Å². The molecule has 1 fully saturated rings. The van der Waals surface area contributed by atoms with Crippen LogP contribution in [0.4, 0.5) is 0 Å². The van der Waals surface area contributed by atoms with Crippen LogP contribution in [-0.4, -0.2) is 12.4 Å². The number of amidine groups is 1. The third-order valence-corrected chi connectivity index (χ3v) is 3.02. The summed E-state index contributed by atoms with van der Waals surface area (Å²) >= 11 is 0. The van der Waals surface area contributed by atoms with Gasteiger partial charge in [0.2, 0.25) is 0 Å². The van der Waals surface area contributed by atoms with Crippen LogP contribution in [-0.2, 0) is 0 Å². The van der Waals surface area contributed by atoms with Gasteiger partial charge in [-0.1, -0.05) is 33.1 Å². The molecule has 0 amide bonds. The van der Waals surface area contributed by atoms with Crippen molar-refractivity contribution in [1.29, 1.82) is 0 Å². The second-order valence-corrected chi connectivity index (χ2v) is 4.82. The highest BCUT2D eigenvalue weighted by Crippen LogP contribution is 2.23. The molecule has 0 atom stereocenters. The average Bonchev–Trinajstić information content (AvgIpc) is 2.18. The first-order valence-corrected chi connectivity index (χ1v) is 6.00. The Bertz CT molecular complexity index is 179. The van der Waals surface area contributed by atoms with Crippen molar-refractivity contribution in [3.63, 3.8) is 0 Å². The lowest BCUT2D eigenvalue weighted by atomic mass is 9.88. The van der Waals surface area contributed by atoms with Gasteiger partial charge in [-0.3, -0.25) is 4.99 Å². The van der Waals surface area contributed by atoms with E-state index in [0.717, 1.165) is 24.7 Å². The van der Waals surface area contributed by atoms with E-state index in [2.05, 4.69) is 18.8 Å². The Kier molecular flexibility index (Phi) is 4.99. The van der Waals surface area contributed by atoms with Crippen molar-refractivity contribution in [2.45, 2.75) is 52.4 Å². The molecule has 0 unspecified atom stereocenters. The summed E-state index contributed by atoms with van der Waals surface area (Å²) in [6.45, 7) is 5.37. The summed E-state index contributed by atoms with van der Waals surface area (Å²) in [5.41, 5.74) is 5.98. The van der Waals surface area contributed by atoms with Gasteiger partial charge in [-0.25, -0.2) is 0 Å². The number of hydrogen-bond donors (Lipinski definition) is 1. The monoisotopic (exact) mass is 196 g/mol. The molecule has 0 aromatic rings. The lowest BCUT2D eigenvalue weighted by Crippen LogP contribution is -2.26. The molecule has 0 aromatic carbocycles. The van der Waals surface area contributed by atoms with Crippen LogP contribution in [0.5, 0.6) is 0 Å². The maximum absolute atomic E-state index is 5.98. The first-order chi connectivity index (χ1) is 6.70. The molecule has 2 N–H and O–H groups in total. The molecular weight excluding hydrogens is 172 g/mol. The van der Waals surface area contributed by atoms with Crippen LogP contribution in [0.25, 0.3) is 0 Å². The van der Waals surface area contributed by atoms with Crippen molar-refractivity contribution in [3.8, 4) is 0 Å². The normalized spacial score (nSPS) is 20.4. The predicted octanol–water partition coefficient (Wildman–Crippen LogP) is 2.97. The highest BCUT2D eigenvalue weighted by atomic mass is 14.9. The molecule has 1 aliphatic carbocycles. The molecular formula is C12H24N2. The van der Waals surface area contributed by atoms with E-state index in [0.29, 0.717) is 5.92 Å². The molecule has 0 radical (unpaired) electrons. The van der Waals surface area contributed by atoms with Gasteiger partial charge in [0.25, 0.3) is 0 Å². The molecule has 0 heterocycles. The highest BCUT2D eigenvalue weighted by Gasteiger charge is 2.16. The molecule has 0 aromatic heterocycles. The Morgan fingerprint density at radius 3 is 2.50 bits per heavy atom. The first kappa shape index (κ1) is 11.5. The average molecular weight is 196 g/mol. The quantitative estimate of drug-likeness (QED) is 0.545. The highest BCUT2D eigenvalue weighted by molar-refractivity contribution is 5.82. The molecule has 1 aliphatic rings. The van der Waals surface area contributed by atoms with Crippen LogP contribution in [0.15, 0.2) is 4.99 Å². The van der Waals surface area contributed by atoms with Crippen molar-refractivity contribution in [2.75, 3.05) is 6.54 Å². The number of nitrogens with two attached hydrogens (primary N) is 1. The van der Waals surface area contributed by atoms with E-state index >= 15 is 0 Å². The van der Waals surface area contributed by atoms with Crippen LogP contribution in [0.2, 0.25) is 0 Å². The zero-order valence-electron chi connectivity index (χ0n) is 9.63. The lowest BCUT2D eigenvalue weighted by molar-refractivity contribution is 0.436. The van der Waals surface area contributed by atoms with E-state index in [1.807, 2.05) is 0 Å². The smallest absolute Gasteiger partial charge is 0.0968 e. The molecule has 2 heteroatoms. The van der Waals surface area contributed by atoms with Gasteiger partial charge in [-0.15, -0.1) is 0 Å². The molecule has 14 heavy (non-hydrogen) atoms. The van der Waals surface area contributed by atoms with Gasteiger partial charge in [0.1, 0.15) is 0 Å². The molecule has 1 rings (SSSR count). The third kappa shape index (κ3) is 4.12. The minimum Gasteiger partial charge on any atom is -0.387 e. The summed E-state index contributed by atoms with van der Waals surface area (Å²) in [5.74, 6) is 2.25. The molecule has 82 valence electrons. The Morgan fingerprint density at radius 2 is 1.93 bits per heavy atom. The van der Waals surface area contributed by atoms with Gasteiger partial charge in [0, 0.05) is 12.5 Å². The van der Waals surface area contributed by atoms with E-state index in [4.69, 9.17) is 5.73 Å². The number of nitrogens with zero attached hydrogens (tertiary/aromatic N) is 1. The fourth-order valence-corrected chi connectivity index (χ4v) is 1.98. The zero-order valence-corrected chi connectivity index (χ0v) is 9.63. The summed E-state index contributed by atoms with van der Waals surface area (Å²) in [5, 5.41) is 0. The van der Waals surface area contributed by atoms with Crippen molar-refractivity contribution in [3.05, 3.63) is 0 Å². The molecule has 0 bridgehead atoms. The van der Waals surface area contributed by atoms with E-state index in [1.54, 1.807) is 0 Å². The minimum absolute atomic E-state index is 0.593. The maximum Gasteiger partial charge on any atom is 0.0968 e. The lowest BCUT2D eigenvalue weighted by Gasteiger charge is -2.20. The Morgan fingerprint density at radius 1 is 1.29 bits per heavy atom. The molecule has 0 aliphatic heterocycles. The van der Waals surface area contributed by atoms with Crippen molar-refractivity contribution < 1.29 is 0 Å². The standard InChI is InChI=1S/C12H24N2/c1-10(2)8-9-14-12(13)11-6-4-3-5-7-11/h10-11H,3-9H2,1-2H3,(H2,13,14). The largest absolute Gasteiger partial charge is 0.387 e. The number of aliphatic imine (C=N–C) groups is 1. The van der Waals surface area contributed by atoms with Crippen molar-refractivity contribution in [1.82, 2.24) is 0 Å². The third-order valence-electron chi connectivity index (χ3n) is 3.02. The second-order valence-electron chi connectivity index (χ2n) is 4.82. The van der Waals surface area contributed by atoms with Crippen LogP contribution >= 0.6 is 0 Å². The summed E-state index contributed by atoms with van der Waals surface area (Å²) in [6, 6.07) is 0. The predicted molar refractivity (Wildman–Crippen MR) is 62.5 cm³/mol. The van der Waals surface area contributed by atoms with Gasteiger partial charge >= 0.3 is 0 Å². The molecule has 0 saturated heterocycles. The first-order valence-electron chi connectivity index (χ1n) is 6.00. The Labute approximate surface area is 88.0 Å². The minimum atomic E-state index is 0.593. The fraction of sp³-hybridized carbons (Fsp3) is 0.917. The summed E-state index contributed by atoms with van der Waals surface area (Å²) in [6.07, 6.45) is 7.74. The van der Waals surface area contributed by atoms with Crippen LogP contribution in [0.3, 0.4) is 0 Å². The maximum atomic E-state index is 5.98. The Hall–Kier alpha value is -0.530. The van der Waals surface area contributed by atoms with E-state index in [1.165, 1.54) is 32.1 Å². The number of rotatable bonds is 4. The van der Waals surface area contributed by atoms with Gasteiger partial charge in [-0.2, -0.15) is 0 Å². The summed E-state index contributed by atoms with van der Waals surface area (Å²) in [7, 11) is 0. The van der Waals surface area contributed by atoms with E-state index < -0.39 is 0 Å². The van der Waals surface area contributed by atoms with E-state index in [-0.39, 0.29) is 0 Å². The molecule has 1 saturated carbocycles. The summed E-state index contributed by atoms with van der Waals surface area (Å²) < 4.78 is 0. The van der Waals surface area contributed by atoms with Crippen LogP contribution in [0.1, 0.15) is 52.4 Å². The summed E-state index contributed by atoms with van der Waals surface area (Å²) in [4.78, 5) is 4.48. The Balaban J connectivity index is 2.27. The SMILES string of the molecule is CC(C)CCN=C(N)C1CCCCC1. The topological polar surface area (TPSA) is 38.4 Å². The number of hydrogen-bond acceptors (Lipinski definition) is 1. The van der Waals surface area contributed by atoms with Crippen LogP contribution in [0, 0.1) is 11.8 Å². The van der Waals surface area contributed by atoms with E-state index in [9.17, 15) is 0 Å². The zero-order chi connectivity index (χ0) is 10.4. The van der Waals surface area contributed by atoms with Gasteiger partial charge < -0.3 is 5.73 Å². The van der Waals surface area contributed by atoms with Crippen LogP contribution < -0.4 is 5.73 Å². The molecule has 0 spiro atoms. The van der Waals surface area contributed by atoms with Gasteiger partial charge in [0.05, 0.1) is 5.84 Å². The fourth-order valence-electron chi connectivity index (χ4n) is 1.98. The van der Waals surface area contributed by atoms with Crippen molar-refractivity contribution >= 4 is 5.84 Å². The van der Waals surface area contributed by atoms with Gasteiger partial charge in [-0.05, 0) is 25.2 Å².